The maximum absolute atomic E-state index is 12.5. The van der Waals surface area contributed by atoms with Crippen LogP contribution in [0.15, 0.2) is 24.3 Å². The third-order valence-corrected chi connectivity index (χ3v) is 4.33. The van der Waals surface area contributed by atoms with Gasteiger partial charge in [-0.2, -0.15) is 0 Å². The van der Waals surface area contributed by atoms with E-state index in [-0.39, 0.29) is 11.8 Å². The van der Waals surface area contributed by atoms with Gasteiger partial charge in [-0.15, -0.1) is 0 Å². The quantitative estimate of drug-likeness (QED) is 0.813. The van der Waals surface area contributed by atoms with Gasteiger partial charge in [0.25, 0.3) is 0 Å². The highest BCUT2D eigenvalue weighted by atomic mass is 35.5. The maximum atomic E-state index is 12.5. The minimum Gasteiger partial charge on any atom is -0.302 e. The second-order valence-electron chi connectivity index (χ2n) is 6.02. The average molecular weight is 294 g/mol. The SMILES string of the molecule is CC(C)C(=O)[C@@H](CN1CCCCC1)c1ccc(Cl)cc1. The smallest absolute Gasteiger partial charge is 0.144 e. The highest BCUT2D eigenvalue weighted by Crippen LogP contribution is 2.25. The van der Waals surface area contributed by atoms with Crippen molar-refractivity contribution in [1.82, 2.24) is 4.90 Å². The summed E-state index contributed by atoms with van der Waals surface area (Å²) in [5, 5.41) is 0.725. The third-order valence-electron chi connectivity index (χ3n) is 4.07. The highest BCUT2D eigenvalue weighted by Gasteiger charge is 2.26. The number of ketones is 1. The van der Waals surface area contributed by atoms with Crippen molar-refractivity contribution in [3.8, 4) is 0 Å². The van der Waals surface area contributed by atoms with Crippen molar-refractivity contribution < 1.29 is 4.79 Å². The molecule has 0 aliphatic carbocycles. The first kappa shape index (κ1) is 15.5. The van der Waals surface area contributed by atoms with Crippen LogP contribution >= 0.6 is 11.6 Å². The van der Waals surface area contributed by atoms with E-state index in [0.29, 0.717) is 5.78 Å². The van der Waals surface area contributed by atoms with E-state index in [1.807, 2.05) is 38.1 Å². The molecular formula is C17H24ClNO. The molecule has 2 nitrogen and oxygen atoms in total. The normalized spacial score (nSPS) is 18.2. The maximum Gasteiger partial charge on any atom is 0.144 e. The first-order chi connectivity index (χ1) is 9.58. The average Bonchev–Trinajstić information content (AvgIpc) is 2.46. The molecule has 1 atom stereocenters. The summed E-state index contributed by atoms with van der Waals surface area (Å²) >= 11 is 5.96. The Kier molecular flexibility index (Phi) is 5.62. The molecule has 20 heavy (non-hydrogen) atoms. The summed E-state index contributed by atoms with van der Waals surface area (Å²) in [5.74, 6) is 0.378. The molecule has 0 spiro atoms. The Balaban J connectivity index is 2.15. The summed E-state index contributed by atoms with van der Waals surface area (Å²) in [7, 11) is 0. The van der Waals surface area contributed by atoms with Crippen LogP contribution in [0.4, 0.5) is 0 Å². The number of piperidine rings is 1. The molecule has 1 aliphatic rings. The fraction of sp³-hybridized carbons (Fsp3) is 0.588. The molecule has 1 fully saturated rings. The van der Waals surface area contributed by atoms with Gasteiger partial charge in [-0.05, 0) is 43.6 Å². The summed E-state index contributed by atoms with van der Waals surface area (Å²) in [6, 6.07) is 7.76. The van der Waals surface area contributed by atoms with Crippen molar-refractivity contribution in [2.24, 2.45) is 5.92 Å². The summed E-state index contributed by atoms with van der Waals surface area (Å²) in [4.78, 5) is 15.0. The lowest BCUT2D eigenvalue weighted by molar-refractivity contribution is -0.123. The number of nitrogens with zero attached hydrogens (tertiary/aromatic N) is 1. The van der Waals surface area contributed by atoms with Crippen molar-refractivity contribution in [2.75, 3.05) is 19.6 Å². The number of hydrogen-bond donors (Lipinski definition) is 0. The van der Waals surface area contributed by atoms with E-state index >= 15 is 0 Å². The van der Waals surface area contributed by atoms with E-state index < -0.39 is 0 Å². The van der Waals surface area contributed by atoms with Crippen LogP contribution in [0.25, 0.3) is 0 Å². The summed E-state index contributed by atoms with van der Waals surface area (Å²) in [5.41, 5.74) is 1.10. The molecule has 2 rings (SSSR count). The summed E-state index contributed by atoms with van der Waals surface area (Å²) in [6.45, 7) is 7.06. The molecule has 0 N–H and O–H groups in total. The first-order valence-corrected chi connectivity index (χ1v) is 7.97. The van der Waals surface area contributed by atoms with Gasteiger partial charge >= 0.3 is 0 Å². The molecule has 0 saturated carbocycles. The van der Waals surface area contributed by atoms with Gasteiger partial charge in [-0.25, -0.2) is 0 Å². The minimum atomic E-state index is -0.0228. The fourth-order valence-corrected chi connectivity index (χ4v) is 2.98. The predicted molar refractivity (Wildman–Crippen MR) is 84.3 cm³/mol. The van der Waals surface area contributed by atoms with Crippen LogP contribution in [0.5, 0.6) is 0 Å². The van der Waals surface area contributed by atoms with E-state index in [4.69, 9.17) is 11.6 Å². The Hall–Kier alpha value is -0.860. The van der Waals surface area contributed by atoms with Crippen LogP contribution in [0.2, 0.25) is 5.02 Å². The number of hydrogen-bond acceptors (Lipinski definition) is 2. The number of carbonyl (C=O) groups is 1. The third kappa shape index (κ3) is 4.07. The molecule has 0 amide bonds. The first-order valence-electron chi connectivity index (χ1n) is 7.59. The monoisotopic (exact) mass is 293 g/mol. The second-order valence-corrected chi connectivity index (χ2v) is 6.46. The number of likely N-dealkylation sites (tertiary alicyclic amines) is 1. The Morgan fingerprint density at radius 1 is 1.15 bits per heavy atom. The lowest BCUT2D eigenvalue weighted by atomic mass is 9.88. The number of Topliss-reactive ketones (excluding diaryl/α,β-unsaturated/α-hetero) is 1. The van der Waals surface area contributed by atoms with Crippen molar-refractivity contribution in [1.29, 1.82) is 0 Å². The Morgan fingerprint density at radius 2 is 1.75 bits per heavy atom. The van der Waals surface area contributed by atoms with Crippen LogP contribution in [0.1, 0.15) is 44.6 Å². The molecule has 1 heterocycles. The van der Waals surface area contributed by atoms with E-state index in [2.05, 4.69) is 4.90 Å². The van der Waals surface area contributed by atoms with E-state index in [1.165, 1.54) is 19.3 Å². The lowest BCUT2D eigenvalue weighted by Crippen LogP contribution is -2.36. The predicted octanol–water partition coefficient (Wildman–Crippen LogP) is 4.13. The largest absolute Gasteiger partial charge is 0.302 e. The van der Waals surface area contributed by atoms with Crippen molar-refractivity contribution in [2.45, 2.75) is 39.0 Å². The number of benzene rings is 1. The molecule has 0 aromatic heterocycles. The number of halogens is 1. The Labute approximate surface area is 127 Å². The molecule has 0 bridgehead atoms. The van der Waals surface area contributed by atoms with E-state index in [9.17, 15) is 4.79 Å². The van der Waals surface area contributed by atoms with Crippen molar-refractivity contribution in [3.05, 3.63) is 34.9 Å². The summed E-state index contributed by atoms with van der Waals surface area (Å²) < 4.78 is 0. The molecule has 1 aliphatic heterocycles. The van der Waals surface area contributed by atoms with Gasteiger partial charge in [0.1, 0.15) is 5.78 Å². The molecule has 0 radical (unpaired) electrons. The second kappa shape index (κ2) is 7.24. The number of rotatable bonds is 5. The van der Waals surface area contributed by atoms with Crippen LogP contribution in [0, 0.1) is 5.92 Å². The van der Waals surface area contributed by atoms with Gasteiger partial charge in [-0.3, -0.25) is 4.79 Å². The molecule has 3 heteroatoms. The van der Waals surface area contributed by atoms with Gasteiger partial charge in [-0.1, -0.05) is 44.0 Å². The zero-order valence-corrected chi connectivity index (χ0v) is 13.2. The molecule has 0 unspecified atom stereocenters. The van der Waals surface area contributed by atoms with Crippen molar-refractivity contribution in [3.63, 3.8) is 0 Å². The fourth-order valence-electron chi connectivity index (χ4n) is 2.86. The Bertz CT molecular complexity index is 435. The van der Waals surface area contributed by atoms with E-state index in [1.54, 1.807) is 0 Å². The highest BCUT2D eigenvalue weighted by molar-refractivity contribution is 6.30. The van der Waals surface area contributed by atoms with Crippen LogP contribution < -0.4 is 0 Å². The van der Waals surface area contributed by atoms with Gasteiger partial charge in [0, 0.05) is 17.5 Å². The molecule has 1 saturated heterocycles. The molecule has 1 aromatic carbocycles. The van der Waals surface area contributed by atoms with Gasteiger partial charge in [0.15, 0.2) is 0 Å². The van der Waals surface area contributed by atoms with Gasteiger partial charge in [0.05, 0.1) is 5.92 Å². The standard InChI is InChI=1S/C17H24ClNO/c1-13(2)17(20)16(12-19-10-4-3-5-11-19)14-6-8-15(18)9-7-14/h6-9,13,16H,3-5,10-12H2,1-2H3/t16-/m0/s1. The van der Waals surface area contributed by atoms with Gasteiger partial charge in [0.2, 0.25) is 0 Å². The number of carbonyl (C=O) groups excluding carboxylic acids is 1. The van der Waals surface area contributed by atoms with E-state index in [0.717, 1.165) is 30.2 Å². The van der Waals surface area contributed by atoms with Crippen LogP contribution in [0.3, 0.4) is 0 Å². The van der Waals surface area contributed by atoms with Crippen molar-refractivity contribution >= 4 is 17.4 Å². The Morgan fingerprint density at radius 3 is 2.30 bits per heavy atom. The topological polar surface area (TPSA) is 20.3 Å². The van der Waals surface area contributed by atoms with Gasteiger partial charge < -0.3 is 4.90 Å². The summed E-state index contributed by atoms with van der Waals surface area (Å²) in [6.07, 6.45) is 3.83. The minimum absolute atomic E-state index is 0.0228. The van der Waals surface area contributed by atoms with Crippen LogP contribution in [-0.4, -0.2) is 30.3 Å². The zero-order chi connectivity index (χ0) is 14.5. The van der Waals surface area contributed by atoms with Crippen LogP contribution in [-0.2, 0) is 4.79 Å². The molecule has 1 aromatic rings. The molecular weight excluding hydrogens is 270 g/mol. The molecule has 110 valence electrons. The lowest BCUT2D eigenvalue weighted by Gasteiger charge is -2.30. The zero-order valence-electron chi connectivity index (χ0n) is 12.4.